The minimum Gasteiger partial charge on any atom is -0.496 e. The average Bonchev–Trinajstić information content (AvgIpc) is 3.35. The zero-order chi connectivity index (χ0) is 20.5. The van der Waals surface area contributed by atoms with E-state index in [1.54, 1.807) is 35.2 Å². The molecule has 2 aliphatic rings. The zero-order valence-electron chi connectivity index (χ0n) is 15.8. The molecule has 0 aliphatic carbocycles. The summed E-state index contributed by atoms with van der Waals surface area (Å²) in [6, 6.07) is 9.47. The Morgan fingerprint density at radius 2 is 2.07 bits per heavy atom. The fraction of sp³-hybridized carbons (Fsp3) is 0.286. The van der Waals surface area contributed by atoms with Crippen molar-refractivity contribution < 1.29 is 19.1 Å². The van der Waals surface area contributed by atoms with Gasteiger partial charge in [-0.05, 0) is 48.7 Å². The molecule has 2 aromatic rings. The molecule has 0 saturated carbocycles. The lowest BCUT2D eigenvalue weighted by molar-refractivity contribution is -0.119. The summed E-state index contributed by atoms with van der Waals surface area (Å²) < 4.78 is 5.28. The molecule has 1 fully saturated rings. The summed E-state index contributed by atoms with van der Waals surface area (Å²) in [4.78, 5) is 39.4. The van der Waals surface area contributed by atoms with Crippen molar-refractivity contribution in [2.45, 2.75) is 25.4 Å². The van der Waals surface area contributed by atoms with E-state index in [0.717, 1.165) is 12.0 Å². The summed E-state index contributed by atoms with van der Waals surface area (Å²) in [6.07, 6.45) is 1.28. The molecule has 2 aliphatic heterocycles. The smallest absolute Gasteiger partial charge is 0.258 e. The van der Waals surface area contributed by atoms with Crippen molar-refractivity contribution in [3.63, 3.8) is 0 Å². The Morgan fingerprint density at radius 1 is 1.24 bits per heavy atom. The lowest BCUT2D eigenvalue weighted by atomic mass is 10.1. The van der Waals surface area contributed by atoms with E-state index in [4.69, 9.17) is 16.3 Å². The fourth-order valence-corrected chi connectivity index (χ4v) is 3.97. The third kappa shape index (κ3) is 3.65. The number of benzene rings is 2. The Balaban J connectivity index is 1.53. The highest BCUT2D eigenvalue weighted by Crippen LogP contribution is 2.28. The number of amides is 3. The first-order chi connectivity index (χ1) is 14.0. The van der Waals surface area contributed by atoms with Crippen LogP contribution in [0.3, 0.4) is 0 Å². The molecular formula is C21H20ClN3O4. The Kier molecular flexibility index (Phi) is 5.15. The summed E-state index contributed by atoms with van der Waals surface area (Å²) in [5, 5.41) is 6.01. The van der Waals surface area contributed by atoms with E-state index in [9.17, 15) is 14.4 Å². The molecule has 3 amide bonds. The molecule has 0 bridgehead atoms. The van der Waals surface area contributed by atoms with Crippen LogP contribution in [0.25, 0.3) is 0 Å². The lowest BCUT2D eigenvalue weighted by Gasteiger charge is -2.25. The third-order valence-electron chi connectivity index (χ3n) is 5.27. The van der Waals surface area contributed by atoms with Crippen LogP contribution in [0.4, 0.5) is 5.69 Å². The summed E-state index contributed by atoms with van der Waals surface area (Å²) >= 11 is 6.05. The van der Waals surface area contributed by atoms with Gasteiger partial charge in [0, 0.05) is 29.4 Å². The number of carbonyl (C=O) groups excluding carboxylic acids is 3. The topological polar surface area (TPSA) is 87.7 Å². The van der Waals surface area contributed by atoms with Gasteiger partial charge >= 0.3 is 0 Å². The van der Waals surface area contributed by atoms with Gasteiger partial charge in [-0.2, -0.15) is 0 Å². The summed E-state index contributed by atoms with van der Waals surface area (Å²) in [5.74, 6) is -0.317. The Morgan fingerprint density at radius 3 is 2.86 bits per heavy atom. The number of nitrogens with one attached hydrogen (secondary N) is 2. The number of anilines is 1. The van der Waals surface area contributed by atoms with Gasteiger partial charge in [-0.15, -0.1) is 0 Å². The molecule has 2 heterocycles. The molecule has 0 radical (unpaired) electrons. The highest BCUT2D eigenvalue weighted by atomic mass is 35.5. The number of ether oxygens (including phenoxy) is 1. The van der Waals surface area contributed by atoms with E-state index >= 15 is 0 Å². The first-order valence-corrected chi connectivity index (χ1v) is 9.72. The number of hydrogen-bond donors (Lipinski definition) is 2. The lowest BCUT2D eigenvalue weighted by Crippen LogP contribution is -2.43. The maximum absolute atomic E-state index is 13.1. The second kappa shape index (κ2) is 7.75. The SMILES string of the molecule is COc1ccc(Cl)cc1C(=O)N1CCCC1C(=O)Nc1ccc2c(c1)C(=O)NC2. The standard InChI is InChI=1S/C21H20ClN3O4/c1-29-18-7-5-13(22)9-16(18)21(28)25-8-2-3-17(25)20(27)24-14-6-4-12-11-23-19(26)15(12)10-14/h4-7,9-10,17H,2-3,8,11H2,1H3,(H,23,26)(H,24,27). The molecule has 1 atom stereocenters. The molecule has 7 nitrogen and oxygen atoms in total. The number of fused-ring (bicyclic) bond motifs is 1. The first-order valence-electron chi connectivity index (χ1n) is 9.34. The largest absolute Gasteiger partial charge is 0.496 e. The summed E-state index contributed by atoms with van der Waals surface area (Å²) in [7, 11) is 1.48. The van der Waals surface area contributed by atoms with Crippen molar-refractivity contribution in [3.8, 4) is 5.75 Å². The zero-order valence-corrected chi connectivity index (χ0v) is 16.6. The number of halogens is 1. The van der Waals surface area contributed by atoms with E-state index in [2.05, 4.69) is 10.6 Å². The second-order valence-electron chi connectivity index (χ2n) is 7.05. The van der Waals surface area contributed by atoms with Gasteiger partial charge in [0.2, 0.25) is 5.91 Å². The van der Waals surface area contributed by atoms with Crippen molar-refractivity contribution in [1.82, 2.24) is 10.2 Å². The van der Waals surface area contributed by atoms with Gasteiger partial charge in [-0.3, -0.25) is 14.4 Å². The molecule has 150 valence electrons. The molecule has 8 heteroatoms. The van der Waals surface area contributed by atoms with E-state index in [0.29, 0.717) is 47.1 Å². The Hall–Kier alpha value is -3.06. The van der Waals surface area contributed by atoms with Gasteiger partial charge in [0.25, 0.3) is 11.8 Å². The van der Waals surface area contributed by atoms with Crippen molar-refractivity contribution in [2.75, 3.05) is 19.0 Å². The van der Waals surface area contributed by atoms with Crippen LogP contribution in [0.2, 0.25) is 5.02 Å². The number of rotatable bonds is 4. The van der Waals surface area contributed by atoms with Crippen LogP contribution in [0.15, 0.2) is 36.4 Å². The molecule has 1 saturated heterocycles. The molecule has 0 spiro atoms. The molecule has 1 unspecified atom stereocenters. The molecule has 4 rings (SSSR count). The highest BCUT2D eigenvalue weighted by molar-refractivity contribution is 6.31. The molecular weight excluding hydrogens is 394 g/mol. The number of hydrogen-bond acceptors (Lipinski definition) is 4. The second-order valence-corrected chi connectivity index (χ2v) is 7.48. The van der Waals surface area contributed by atoms with Crippen molar-refractivity contribution >= 4 is 35.0 Å². The predicted molar refractivity (Wildman–Crippen MR) is 108 cm³/mol. The van der Waals surface area contributed by atoms with Crippen LogP contribution in [0.1, 0.15) is 39.1 Å². The van der Waals surface area contributed by atoms with Gasteiger partial charge < -0.3 is 20.3 Å². The van der Waals surface area contributed by atoms with Crippen LogP contribution in [-0.2, 0) is 11.3 Å². The molecule has 2 N–H and O–H groups in total. The van der Waals surface area contributed by atoms with Crippen LogP contribution in [0, 0.1) is 0 Å². The van der Waals surface area contributed by atoms with Gasteiger partial charge in [-0.25, -0.2) is 0 Å². The van der Waals surface area contributed by atoms with Crippen molar-refractivity contribution in [2.24, 2.45) is 0 Å². The van der Waals surface area contributed by atoms with Crippen LogP contribution in [-0.4, -0.2) is 42.3 Å². The maximum Gasteiger partial charge on any atom is 0.258 e. The summed E-state index contributed by atoms with van der Waals surface area (Å²) in [6.45, 7) is 0.966. The fourth-order valence-electron chi connectivity index (χ4n) is 3.80. The normalized spacial score (nSPS) is 17.7. The van der Waals surface area contributed by atoms with Gasteiger partial charge in [0.15, 0.2) is 0 Å². The average molecular weight is 414 g/mol. The monoisotopic (exact) mass is 413 g/mol. The molecule has 29 heavy (non-hydrogen) atoms. The number of nitrogens with zero attached hydrogens (tertiary/aromatic N) is 1. The quantitative estimate of drug-likeness (QED) is 0.806. The van der Waals surface area contributed by atoms with E-state index in [1.165, 1.54) is 7.11 Å². The maximum atomic E-state index is 13.1. The molecule has 0 aromatic heterocycles. The van der Waals surface area contributed by atoms with Gasteiger partial charge in [-0.1, -0.05) is 17.7 Å². The minimum atomic E-state index is -0.603. The van der Waals surface area contributed by atoms with Crippen molar-refractivity contribution in [3.05, 3.63) is 58.1 Å². The van der Waals surface area contributed by atoms with E-state index < -0.39 is 6.04 Å². The van der Waals surface area contributed by atoms with Crippen LogP contribution in [0.5, 0.6) is 5.75 Å². The van der Waals surface area contributed by atoms with Gasteiger partial charge in [0.05, 0.1) is 12.7 Å². The van der Waals surface area contributed by atoms with Crippen LogP contribution < -0.4 is 15.4 Å². The highest BCUT2D eigenvalue weighted by Gasteiger charge is 2.35. The van der Waals surface area contributed by atoms with Gasteiger partial charge in [0.1, 0.15) is 11.8 Å². The Labute approximate surface area is 173 Å². The number of carbonyl (C=O) groups is 3. The first kappa shape index (κ1) is 19.3. The van der Waals surface area contributed by atoms with E-state index in [1.807, 2.05) is 6.07 Å². The predicted octanol–water partition coefficient (Wildman–Crippen LogP) is 2.84. The van der Waals surface area contributed by atoms with E-state index in [-0.39, 0.29) is 17.7 Å². The Bertz CT molecular complexity index is 1010. The van der Waals surface area contributed by atoms with Crippen molar-refractivity contribution in [1.29, 1.82) is 0 Å². The molecule has 2 aromatic carbocycles. The van der Waals surface area contributed by atoms with Crippen LogP contribution >= 0.6 is 11.6 Å². The summed E-state index contributed by atoms with van der Waals surface area (Å²) in [5.41, 5.74) is 2.32. The minimum absolute atomic E-state index is 0.151. The number of methoxy groups -OCH3 is 1. The third-order valence-corrected chi connectivity index (χ3v) is 5.50. The number of likely N-dealkylation sites (tertiary alicyclic amines) is 1.